The number of thioether (sulfide) groups is 1. The summed E-state index contributed by atoms with van der Waals surface area (Å²) in [5, 5.41) is 20.5. The molecule has 0 radical (unpaired) electrons. The van der Waals surface area contributed by atoms with Crippen molar-refractivity contribution in [3.63, 3.8) is 0 Å². The van der Waals surface area contributed by atoms with Crippen LogP contribution < -0.4 is 10.2 Å². The molecule has 0 bridgehead atoms. The number of hydrogen-bond acceptors (Lipinski definition) is 7. The molecule has 3 atom stereocenters. The van der Waals surface area contributed by atoms with E-state index in [0.717, 1.165) is 48.0 Å². The second-order valence-corrected chi connectivity index (χ2v) is 10.8. The Balaban J connectivity index is 1.38. The summed E-state index contributed by atoms with van der Waals surface area (Å²) in [6.07, 6.45) is 4.00. The maximum atomic E-state index is 13.9. The Hall–Kier alpha value is -2.79. The number of nitrogens with zero attached hydrogens (tertiary/aromatic N) is 2. The van der Waals surface area contributed by atoms with Crippen LogP contribution in [0.15, 0.2) is 53.6 Å². The molecule has 3 aromatic rings. The lowest BCUT2D eigenvalue weighted by atomic mass is 9.79. The quantitative estimate of drug-likeness (QED) is 0.202. The van der Waals surface area contributed by atoms with Crippen LogP contribution >= 0.6 is 11.8 Å². The number of methoxy groups -OCH3 is 1. The van der Waals surface area contributed by atoms with Crippen molar-refractivity contribution in [1.82, 2.24) is 15.4 Å². The molecule has 2 aromatic carbocycles. The maximum absolute atomic E-state index is 13.9. The van der Waals surface area contributed by atoms with E-state index in [1.165, 1.54) is 17.8 Å². The van der Waals surface area contributed by atoms with Gasteiger partial charge in [0.25, 0.3) is 0 Å². The largest absolute Gasteiger partial charge is 0.497 e. The highest BCUT2D eigenvalue weighted by atomic mass is 32.2. The van der Waals surface area contributed by atoms with Gasteiger partial charge in [0, 0.05) is 41.7 Å². The SMILES string of the molecule is COc1ccc2nccc([C@H](CC[C@@H]3CCN(CCSc4cc(F)ccc4F)C[C@@H]3CC(=O)O)NO)c2c1. The average molecular weight is 546 g/mol. The van der Waals surface area contributed by atoms with Crippen LogP contribution in [0.5, 0.6) is 5.75 Å². The molecule has 0 aliphatic carbocycles. The summed E-state index contributed by atoms with van der Waals surface area (Å²) in [6, 6.07) is 10.6. The number of fused-ring (bicyclic) bond motifs is 1. The van der Waals surface area contributed by atoms with Crippen molar-refractivity contribution in [3.05, 3.63) is 65.9 Å². The van der Waals surface area contributed by atoms with Crippen LogP contribution in [0.25, 0.3) is 10.9 Å². The van der Waals surface area contributed by atoms with Crippen molar-refractivity contribution in [3.8, 4) is 5.75 Å². The third kappa shape index (κ3) is 7.19. The molecular weight excluding hydrogens is 512 g/mol. The van der Waals surface area contributed by atoms with Gasteiger partial charge in [0.2, 0.25) is 0 Å². The second-order valence-electron chi connectivity index (χ2n) is 9.67. The molecule has 2 heterocycles. The third-order valence-electron chi connectivity index (χ3n) is 7.31. The van der Waals surface area contributed by atoms with Gasteiger partial charge in [-0.1, -0.05) is 0 Å². The zero-order chi connectivity index (χ0) is 27.1. The highest BCUT2D eigenvalue weighted by Gasteiger charge is 2.31. The Morgan fingerprint density at radius 3 is 2.84 bits per heavy atom. The van der Waals surface area contributed by atoms with Gasteiger partial charge in [-0.25, -0.2) is 8.78 Å². The number of hydroxylamine groups is 1. The first-order valence-corrected chi connectivity index (χ1v) is 13.7. The predicted octanol–water partition coefficient (Wildman–Crippen LogP) is 5.53. The van der Waals surface area contributed by atoms with E-state index < -0.39 is 17.6 Å². The number of piperidine rings is 1. The van der Waals surface area contributed by atoms with E-state index in [2.05, 4.69) is 15.4 Å². The molecule has 3 N–H and O–H groups in total. The molecule has 38 heavy (non-hydrogen) atoms. The predicted molar refractivity (Wildman–Crippen MR) is 143 cm³/mol. The lowest BCUT2D eigenvalue weighted by Crippen LogP contribution is -2.42. The van der Waals surface area contributed by atoms with Crippen molar-refractivity contribution in [2.45, 2.75) is 36.6 Å². The summed E-state index contributed by atoms with van der Waals surface area (Å²) in [5.41, 5.74) is 4.16. The van der Waals surface area contributed by atoms with Crippen molar-refractivity contribution >= 4 is 28.6 Å². The molecule has 1 aliphatic heterocycles. The molecule has 0 saturated carbocycles. The fourth-order valence-corrected chi connectivity index (χ4v) is 6.29. The number of halogens is 2. The van der Waals surface area contributed by atoms with Crippen LogP contribution in [-0.2, 0) is 4.79 Å². The smallest absolute Gasteiger partial charge is 0.303 e. The monoisotopic (exact) mass is 545 g/mol. The minimum absolute atomic E-state index is 0.0363. The van der Waals surface area contributed by atoms with E-state index in [0.29, 0.717) is 31.0 Å². The van der Waals surface area contributed by atoms with Crippen LogP contribution in [0.4, 0.5) is 8.78 Å². The first-order valence-electron chi connectivity index (χ1n) is 12.7. The number of aliphatic carboxylic acids is 1. The minimum atomic E-state index is -0.831. The first-order chi connectivity index (χ1) is 18.4. The summed E-state index contributed by atoms with van der Waals surface area (Å²) < 4.78 is 32.7. The average Bonchev–Trinajstić information content (AvgIpc) is 2.91. The number of ether oxygens (including phenoxy) is 1. The Bertz CT molecular complexity index is 1250. The highest BCUT2D eigenvalue weighted by Crippen LogP contribution is 2.35. The third-order valence-corrected chi connectivity index (χ3v) is 8.32. The Kier molecular flexibility index (Phi) is 9.90. The number of hydrogen-bond donors (Lipinski definition) is 3. The fraction of sp³-hybridized carbons (Fsp3) is 0.429. The van der Waals surface area contributed by atoms with E-state index in [9.17, 15) is 23.9 Å². The second kappa shape index (κ2) is 13.3. The van der Waals surface area contributed by atoms with Crippen LogP contribution in [0.3, 0.4) is 0 Å². The number of carbonyl (C=O) groups is 1. The Morgan fingerprint density at radius 1 is 1.24 bits per heavy atom. The number of pyridine rings is 1. The number of carboxylic acids is 1. The van der Waals surface area contributed by atoms with Crippen LogP contribution in [0, 0.1) is 23.5 Å². The molecule has 10 heteroatoms. The minimum Gasteiger partial charge on any atom is -0.497 e. The van der Waals surface area contributed by atoms with E-state index in [4.69, 9.17) is 4.74 Å². The molecule has 1 saturated heterocycles. The van der Waals surface area contributed by atoms with Crippen molar-refractivity contribution in [2.24, 2.45) is 11.8 Å². The summed E-state index contributed by atoms with van der Waals surface area (Å²) in [7, 11) is 1.60. The van der Waals surface area contributed by atoms with Crippen LogP contribution in [-0.4, -0.2) is 58.7 Å². The van der Waals surface area contributed by atoms with Crippen molar-refractivity contribution in [2.75, 3.05) is 32.5 Å². The normalized spacial score (nSPS) is 18.9. The van der Waals surface area contributed by atoms with Gasteiger partial charge in [-0.3, -0.25) is 9.78 Å². The van der Waals surface area contributed by atoms with Gasteiger partial charge in [0.15, 0.2) is 0 Å². The molecule has 204 valence electrons. The molecule has 0 unspecified atom stereocenters. The van der Waals surface area contributed by atoms with Crippen LogP contribution in [0.1, 0.15) is 37.3 Å². The molecular formula is C28H33F2N3O4S. The molecule has 1 fully saturated rings. The summed E-state index contributed by atoms with van der Waals surface area (Å²) >= 11 is 1.27. The molecule has 4 rings (SSSR count). The zero-order valence-electron chi connectivity index (χ0n) is 21.3. The molecule has 7 nitrogen and oxygen atoms in total. The summed E-state index contributed by atoms with van der Waals surface area (Å²) in [6.45, 7) is 2.10. The van der Waals surface area contributed by atoms with Crippen molar-refractivity contribution < 1.29 is 28.6 Å². The van der Waals surface area contributed by atoms with Gasteiger partial charge in [0.05, 0.1) is 18.7 Å². The first kappa shape index (κ1) is 28.2. The van der Waals surface area contributed by atoms with Gasteiger partial charge < -0.3 is 20.0 Å². The summed E-state index contributed by atoms with van der Waals surface area (Å²) in [5.74, 6) is -0.297. The Labute approximate surface area is 225 Å². The lowest BCUT2D eigenvalue weighted by molar-refractivity contribution is -0.139. The van der Waals surface area contributed by atoms with E-state index in [1.54, 1.807) is 13.3 Å². The van der Waals surface area contributed by atoms with Gasteiger partial charge in [0.1, 0.15) is 17.4 Å². The standard InChI is InChI=1S/C28H33F2N3O4S/c1-37-21-4-7-25-23(16-21)22(8-10-31-25)26(32-36)6-2-18-9-11-33(17-19(18)14-28(34)35)12-13-38-27-15-20(29)3-5-24(27)30/h3-5,7-8,10,15-16,18-19,26,32,36H,2,6,9,11-14,17H2,1H3,(H,34,35)/t18-,19+,26+/m1/s1. The number of nitrogens with one attached hydrogen (secondary N) is 1. The Morgan fingerprint density at radius 2 is 2.08 bits per heavy atom. The number of carboxylic acid groups (broad SMARTS) is 1. The number of aromatic nitrogens is 1. The van der Waals surface area contributed by atoms with Crippen LogP contribution in [0.2, 0.25) is 0 Å². The molecule has 0 amide bonds. The maximum Gasteiger partial charge on any atom is 0.303 e. The molecule has 1 aromatic heterocycles. The van der Waals surface area contributed by atoms with Gasteiger partial charge >= 0.3 is 5.97 Å². The molecule has 1 aliphatic rings. The summed E-state index contributed by atoms with van der Waals surface area (Å²) in [4.78, 5) is 18.5. The van der Waals surface area contributed by atoms with E-state index >= 15 is 0 Å². The van der Waals surface area contributed by atoms with Gasteiger partial charge in [-0.2, -0.15) is 5.48 Å². The number of rotatable bonds is 12. The van der Waals surface area contributed by atoms with E-state index in [-0.39, 0.29) is 29.2 Å². The highest BCUT2D eigenvalue weighted by molar-refractivity contribution is 7.99. The zero-order valence-corrected chi connectivity index (χ0v) is 22.1. The fourth-order valence-electron chi connectivity index (χ4n) is 5.32. The molecule has 0 spiro atoms. The lowest BCUT2D eigenvalue weighted by Gasteiger charge is -2.38. The number of benzene rings is 2. The number of likely N-dealkylation sites (tertiary alicyclic amines) is 1. The van der Waals surface area contributed by atoms with Gasteiger partial charge in [-0.15, -0.1) is 11.8 Å². The van der Waals surface area contributed by atoms with Crippen molar-refractivity contribution in [1.29, 1.82) is 0 Å². The van der Waals surface area contributed by atoms with Gasteiger partial charge in [-0.05, 0) is 85.7 Å². The van der Waals surface area contributed by atoms with E-state index in [1.807, 2.05) is 24.3 Å². The topological polar surface area (TPSA) is 94.9 Å².